The molecule has 1 atom stereocenters. The second kappa shape index (κ2) is 8.32. The Balaban J connectivity index is 1.74. The zero-order valence-corrected chi connectivity index (χ0v) is 15.4. The molecule has 146 valence electrons. The first kappa shape index (κ1) is 19.7. The van der Waals surface area contributed by atoms with Gasteiger partial charge in [0.25, 0.3) is 0 Å². The number of rotatable bonds is 7. The predicted octanol–water partition coefficient (Wildman–Crippen LogP) is 1.24. The van der Waals surface area contributed by atoms with Gasteiger partial charge in [-0.2, -0.15) is 0 Å². The van der Waals surface area contributed by atoms with Crippen LogP contribution in [-0.4, -0.2) is 56.7 Å². The first-order valence-electron chi connectivity index (χ1n) is 8.28. The molecule has 0 saturated heterocycles. The lowest BCUT2D eigenvalue weighted by atomic mass is 9.88. The van der Waals surface area contributed by atoms with Crippen molar-refractivity contribution in [1.82, 2.24) is 0 Å². The van der Waals surface area contributed by atoms with Crippen molar-refractivity contribution in [2.24, 2.45) is 0 Å². The lowest BCUT2D eigenvalue weighted by Crippen LogP contribution is -2.18. The van der Waals surface area contributed by atoms with Crippen molar-refractivity contribution in [2.75, 3.05) is 24.7 Å². The molecule has 0 radical (unpaired) electrons. The van der Waals surface area contributed by atoms with Gasteiger partial charge in [-0.25, -0.2) is 4.79 Å². The van der Waals surface area contributed by atoms with Crippen LogP contribution in [0.5, 0.6) is 0 Å². The maximum Gasteiger partial charge on any atom is 0.334 e. The van der Waals surface area contributed by atoms with Crippen molar-refractivity contribution in [3.63, 3.8) is 0 Å². The summed E-state index contributed by atoms with van der Waals surface area (Å²) in [5, 5.41) is 18.7. The second-order valence-corrected chi connectivity index (χ2v) is 7.52. The summed E-state index contributed by atoms with van der Waals surface area (Å²) in [4.78, 5) is 36.7. The van der Waals surface area contributed by atoms with E-state index in [4.69, 9.17) is 14.3 Å². The number of fused-ring (bicyclic) bond motifs is 2. The van der Waals surface area contributed by atoms with Crippen LogP contribution in [0.25, 0.3) is 5.76 Å². The van der Waals surface area contributed by atoms with Gasteiger partial charge < -0.3 is 19.4 Å². The average Bonchev–Trinajstić information content (AvgIpc) is 3.12. The quantitative estimate of drug-likeness (QED) is 0.342. The number of ketones is 2. The highest BCUT2D eigenvalue weighted by Crippen LogP contribution is 2.31. The maximum absolute atomic E-state index is 12.5. The minimum Gasteiger partial charge on any atom is -0.504 e. The molecule has 1 aromatic carbocycles. The zero-order chi connectivity index (χ0) is 20.3. The van der Waals surface area contributed by atoms with Gasteiger partial charge in [0.05, 0.1) is 24.0 Å². The third-order valence-corrected chi connectivity index (χ3v) is 5.24. The van der Waals surface area contributed by atoms with E-state index in [1.54, 1.807) is 12.1 Å². The van der Waals surface area contributed by atoms with Crippen molar-refractivity contribution in [1.29, 1.82) is 0 Å². The molecule has 0 amide bonds. The van der Waals surface area contributed by atoms with E-state index in [0.717, 1.165) is 6.08 Å². The van der Waals surface area contributed by atoms with E-state index in [2.05, 4.69) is 0 Å². The smallest absolute Gasteiger partial charge is 0.334 e. The first-order valence-corrected chi connectivity index (χ1v) is 9.77. The molecule has 1 aromatic heterocycles. The lowest BCUT2D eigenvalue weighted by Gasteiger charge is -2.11. The highest BCUT2D eigenvalue weighted by molar-refractivity contribution is 7.85. The number of benzene rings is 1. The molecule has 1 unspecified atom stereocenters. The van der Waals surface area contributed by atoms with Crippen molar-refractivity contribution in [3.05, 3.63) is 64.6 Å². The van der Waals surface area contributed by atoms with E-state index in [9.17, 15) is 23.7 Å². The fraction of sp³-hybridized carbons (Fsp3) is 0.211. The van der Waals surface area contributed by atoms with Gasteiger partial charge in [0.1, 0.15) is 6.61 Å². The molecule has 1 heterocycles. The number of hydrogen-bond donors (Lipinski definition) is 2. The number of aliphatic hydroxyl groups is 2. The van der Waals surface area contributed by atoms with Gasteiger partial charge in [-0.05, 0) is 6.07 Å². The molecule has 2 N–H and O–H groups in total. The van der Waals surface area contributed by atoms with E-state index in [-0.39, 0.29) is 52.9 Å². The van der Waals surface area contributed by atoms with Crippen LogP contribution in [0.15, 0.2) is 40.8 Å². The van der Waals surface area contributed by atoms with Crippen LogP contribution in [0.2, 0.25) is 0 Å². The van der Waals surface area contributed by atoms with Gasteiger partial charge >= 0.3 is 5.97 Å². The maximum atomic E-state index is 12.5. The summed E-state index contributed by atoms with van der Waals surface area (Å²) in [6, 6.07) is 7.49. The highest BCUT2D eigenvalue weighted by atomic mass is 32.2. The number of furan rings is 1. The Morgan fingerprint density at radius 3 is 2.46 bits per heavy atom. The minimum absolute atomic E-state index is 0.00594. The molecular formula is C19H16O8S. The summed E-state index contributed by atoms with van der Waals surface area (Å²) in [6.45, 7) is -0.387. The Hall–Kier alpha value is -3.04. The van der Waals surface area contributed by atoms with E-state index < -0.39 is 34.1 Å². The molecule has 8 nitrogen and oxygen atoms in total. The molecule has 0 spiro atoms. The second-order valence-electron chi connectivity index (χ2n) is 5.83. The zero-order valence-electron chi connectivity index (χ0n) is 14.5. The Morgan fingerprint density at radius 2 is 1.79 bits per heavy atom. The summed E-state index contributed by atoms with van der Waals surface area (Å²) in [5.74, 6) is -2.71. The van der Waals surface area contributed by atoms with Gasteiger partial charge in [-0.15, -0.1) is 0 Å². The van der Waals surface area contributed by atoms with Gasteiger partial charge in [-0.1, -0.05) is 24.3 Å². The van der Waals surface area contributed by atoms with Crippen LogP contribution in [0, 0.1) is 0 Å². The molecule has 1 aliphatic rings. The van der Waals surface area contributed by atoms with Crippen molar-refractivity contribution in [2.45, 2.75) is 0 Å². The largest absolute Gasteiger partial charge is 0.504 e. The van der Waals surface area contributed by atoms with E-state index in [1.807, 2.05) is 0 Å². The lowest BCUT2D eigenvalue weighted by molar-refractivity contribution is -0.137. The molecule has 0 saturated carbocycles. The summed E-state index contributed by atoms with van der Waals surface area (Å²) in [6.07, 6.45) is 0.737. The summed E-state index contributed by atoms with van der Waals surface area (Å²) >= 11 is 0. The van der Waals surface area contributed by atoms with E-state index in [0.29, 0.717) is 0 Å². The first-order chi connectivity index (χ1) is 13.4. The van der Waals surface area contributed by atoms with Crippen LogP contribution < -0.4 is 0 Å². The minimum atomic E-state index is -1.31. The average molecular weight is 404 g/mol. The van der Waals surface area contributed by atoms with Crippen molar-refractivity contribution < 1.29 is 38.0 Å². The molecule has 28 heavy (non-hydrogen) atoms. The standard InChI is InChI=1S/C19H16O8S/c20-5-7-28(25)8-6-26-16(22)10-14(21)15-9-13-17(23)11-3-1-2-4-12(11)18(24)19(13)27-15/h1-4,9-10,20-21H,5-8H2/b14-10-. The van der Waals surface area contributed by atoms with Gasteiger partial charge in [0.15, 0.2) is 23.1 Å². The normalized spacial score (nSPS) is 14.4. The van der Waals surface area contributed by atoms with Gasteiger partial charge in [0, 0.05) is 27.7 Å². The summed E-state index contributed by atoms with van der Waals surface area (Å²) in [7, 11) is -1.31. The molecule has 3 rings (SSSR count). The fourth-order valence-corrected chi connectivity index (χ4v) is 3.34. The van der Waals surface area contributed by atoms with Crippen LogP contribution in [0.3, 0.4) is 0 Å². The number of aliphatic hydroxyl groups excluding tert-OH is 2. The molecule has 0 aliphatic heterocycles. The number of ether oxygens (including phenoxy) is 1. The van der Waals surface area contributed by atoms with Gasteiger partial charge in [-0.3, -0.25) is 13.8 Å². The number of esters is 1. The van der Waals surface area contributed by atoms with Crippen molar-refractivity contribution >= 4 is 34.1 Å². The highest BCUT2D eigenvalue weighted by Gasteiger charge is 2.34. The Kier molecular flexibility index (Phi) is 5.86. The fourth-order valence-electron chi connectivity index (χ4n) is 2.66. The number of hydrogen-bond acceptors (Lipinski definition) is 8. The predicted molar refractivity (Wildman–Crippen MR) is 98.5 cm³/mol. The third-order valence-electron chi connectivity index (χ3n) is 3.98. The Bertz CT molecular complexity index is 949. The van der Waals surface area contributed by atoms with Crippen LogP contribution >= 0.6 is 0 Å². The van der Waals surface area contributed by atoms with Gasteiger partial charge in [0.2, 0.25) is 5.78 Å². The van der Waals surface area contributed by atoms with E-state index >= 15 is 0 Å². The SMILES string of the molecule is O=C(/C=C(\O)c1cc2c(o1)C(=O)c1ccccc1C2=O)OCCS(=O)CCO. The van der Waals surface area contributed by atoms with Crippen LogP contribution in [0.1, 0.15) is 37.8 Å². The van der Waals surface area contributed by atoms with Crippen molar-refractivity contribution in [3.8, 4) is 0 Å². The third kappa shape index (κ3) is 3.95. The number of carbonyl (C=O) groups is 3. The molecule has 1 aliphatic carbocycles. The molecule has 9 heteroatoms. The molecule has 0 fully saturated rings. The summed E-state index contributed by atoms with van der Waals surface area (Å²) in [5.41, 5.74) is 0.456. The monoisotopic (exact) mass is 404 g/mol. The van der Waals surface area contributed by atoms with Crippen LogP contribution in [-0.2, 0) is 20.3 Å². The number of carbonyl (C=O) groups excluding carboxylic acids is 3. The van der Waals surface area contributed by atoms with E-state index in [1.165, 1.54) is 18.2 Å². The summed E-state index contributed by atoms with van der Waals surface area (Å²) < 4.78 is 21.5. The Labute approximate surface area is 161 Å². The molecule has 0 bridgehead atoms. The van der Waals surface area contributed by atoms with Crippen LogP contribution in [0.4, 0.5) is 0 Å². The molecule has 2 aromatic rings. The topological polar surface area (TPSA) is 131 Å². The Morgan fingerprint density at radius 1 is 1.11 bits per heavy atom. The molecular weight excluding hydrogens is 388 g/mol.